The van der Waals surface area contributed by atoms with E-state index in [1.54, 1.807) is 0 Å². The molecule has 0 bridgehead atoms. The molecule has 1 fully saturated rings. The van der Waals surface area contributed by atoms with Gasteiger partial charge in [0.15, 0.2) is 0 Å². The highest BCUT2D eigenvalue weighted by atomic mass is 15.3. The summed E-state index contributed by atoms with van der Waals surface area (Å²) in [5.41, 5.74) is 0. The van der Waals surface area contributed by atoms with E-state index in [1.807, 2.05) is 7.05 Å². The van der Waals surface area contributed by atoms with E-state index in [9.17, 15) is 0 Å². The maximum atomic E-state index is 4.50. The van der Waals surface area contributed by atoms with Crippen molar-refractivity contribution in [3.63, 3.8) is 0 Å². The minimum absolute atomic E-state index is 0.529. The Morgan fingerprint density at radius 3 is 2.28 bits per heavy atom. The number of nitrogens with one attached hydrogen (secondary N) is 2. The molecule has 0 radical (unpaired) electrons. The second kappa shape index (κ2) is 5.84. The van der Waals surface area contributed by atoms with Crippen molar-refractivity contribution in [2.75, 3.05) is 35.7 Å². The van der Waals surface area contributed by atoms with E-state index in [0.29, 0.717) is 17.9 Å². The second-order valence-corrected chi connectivity index (χ2v) is 4.48. The molecule has 0 amide bonds. The monoisotopic (exact) mass is 250 g/mol. The summed E-state index contributed by atoms with van der Waals surface area (Å²) in [5, 5.41) is 6.36. The largest absolute Gasteiger partial charge is 0.357 e. The Hall–Kier alpha value is -1.59. The van der Waals surface area contributed by atoms with Gasteiger partial charge in [-0.1, -0.05) is 0 Å². The number of anilines is 3. The van der Waals surface area contributed by atoms with Crippen LogP contribution in [-0.4, -0.2) is 41.1 Å². The standard InChI is InChI=1S/C12H22N6/c1-4-18(5-2)12-16-10(13-3)15-11(17-12)14-9-7-6-8-9/h9H,4-8H2,1-3H3,(H2,13,14,15,16,17). The Kier molecular flexibility index (Phi) is 4.17. The summed E-state index contributed by atoms with van der Waals surface area (Å²) in [6.07, 6.45) is 3.72. The Balaban J connectivity index is 2.19. The van der Waals surface area contributed by atoms with E-state index >= 15 is 0 Å². The van der Waals surface area contributed by atoms with Crippen LogP contribution in [0.5, 0.6) is 0 Å². The molecule has 1 saturated carbocycles. The topological polar surface area (TPSA) is 66.0 Å². The van der Waals surface area contributed by atoms with Crippen LogP contribution in [-0.2, 0) is 0 Å². The molecule has 0 aromatic carbocycles. The smallest absolute Gasteiger partial charge is 0.231 e. The minimum atomic E-state index is 0.529. The minimum Gasteiger partial charge on any atom is -0.357 e. The lowest BCUT2D eigenvalue weighted by molar-refractivity contribution is 0.443. The van der Waals surface area contributed by atoms with Gasteiger partial charge in [-0.25, -0.2) is 0 Å². The van der Waals surface area contributed by atoms with E-state index in [0.717, 1.165) is 19.0 Å². The van der Waals surface area contributed by atoms with Gasteiger partial charge < -0.3 is 15.5 Å². The van der Waals surface area contributed by atoms with E-state index < -0.39 is 0 Å². The summed E-state index contributed by atoms with van der Waals surface area (Å²) >= 11 is 0. The SMILES string of the molecule is CCN(CC)c1nc(NC)nc(NC2CCC2)n1. The van der Waals surface area contributed by atoms with Crippen LogP contribution in [0.25, 0.3) is 0 Å². The first-order valence-corrected chi connectivity index (χ1v) is 6.72. The molecule has 100 valence electrons. The Bertz CT molecular complexity index is 386. The Morgan fingerprint density at radius 2 is 1.78 bits per heavy atom. The predicted octanol–water partition coefficient (Wildman–Crippen LogP) is 1.72. The van der Waals surface area contributed by atoms with Gasteiger partial charge in [0.1, 0.15) is 0 Å². The van der Waals surface area contributed by atoms with Crippen molar-refractivity contribution in [1.29, 1.82) is 0 Å². The van der Waals surface area contributed by atoms with Crippen molar-refractivity contribution in [2.24, 2.45) is 0 Å². The van der Waals surface area contributed by atoms with Crippen LogP contribution in [0.2, 0.25) is 0 Å². The van der Waals surface area contributed by atoms with Gasteiger partial charge in [0.2, 0.25) is 17.8 Å². The fourth-order valence-corrected chi connectivity index (χ4v) is 1.92. The number of nitrogens with zero attached hydrogens (tertiary/aromatic N) is 4. The van der Waals surface area contributed by atoms with Crippen LogP contribution in [0.15, 0.2) is 0 Å². The van der Waals surface area contributed by atoms with E-state index in [1.165, 1.54) is 19.3 Å². The van der Waals surface area contributed by atoms with Crippen LogP contribution in [0.1, 0.15) is 33.1 Å². The third-order valence-corrected chi connectivity index (χ3v) is 3.33. The van der Waals surface area contributed by atoms with Crippen LogP contribution in [0.4, 0.5) is 17.8 Å². The molecule has 18 heavy (non-hydrogen) atoms. The first-order valence-electron chi connectivity index (χ1n) is 6.72. The summed E-state index contributed by atoms with van der Waals surface area (Å²) < 4.78 is 0. The van der Waals surface area contributed by atoms with Crippen LogP contribution >= 0.6 is 0 Å². The maximum absolute atomic E-state index is 4.50. The molecule has 6 heteroatoms. The van der Waals surface area contributed by atoms with Gasteiger partial charge in [-0.2, -0.15) is 15.0 Å². The predicted molar refractivity (Wildman–Crippen MR) is 74.2 cm³/mol. The quantitative estimate of drug-likeness (QED) is 0.801. The molecular weight excluding hydrogens is 228 g/mol. The van der Waals surface area contributed by atoms with Crippen LogP contribution < -0.4 is 15.5 Å². The lowest BCUT2D eigenvalue weighted by Crippen LogP contribution is -2.30. The molecular formula is C12H22N6. The molecule has 1 aliphatic rings. The molecule has 1 aliphatic carbocycles. The third-order valence-electron chi connectivity index (χ3n) is 3.33. The van der Waals surface area contributed by atoms with E-state index in [4.69, 9.17) is 0 Å². The summed E-state index contributed by atoms with van der Waals surface area (Å²) in [7, 11) is 1.83. The van der Waals surface area contributed by atoms with Gasteiger partial charge in [0, 0.05) is 26.2 Å². The van der Waals surface area contributed by atoms with Crippen molar-refractivity contribution in [3.8, 4) is 0 Å². The van der Waals surface area contributed by atoms with Gasteiger partial charge in [0.25, 0.3) is 0 Å². The van der Waals surface area contributed by atoms with Crippen molar-refractivity contribution in [2.45, 2.75) is 39.2 Å². The van der Waals surface area contributed by atoms with Crippen LogP contribution in [0.3, 0.4) is 0 Å². The zero-order chi connectivity index (χ0) is 13.0. The molecule has 0 spiro atoms. The molecule has 0 unspecified atom stereocenters. The molecule has 2 rings (SSSR count). The number of aromatic nitrogens is 3. The molecule has 2 N–H and O–H groups in total. The maximum Gasteiger partial charge on any atom is 0.231 e. The first-order chi connectivity index (χ1) is 8.76. The van der Waals surface area contributed by atoms with Gasteiger partial charge in [-0.05, 0) is 33.1 Å². The Labute approximate surface area is 108 Å². The molecule has 1 heterocycles. The highest BCUT2D eigenvalue weighted by molar-refractivity contribution is 5.44. The van der Waals surface area contributed by atoms with Crippen molar-refractivity contribution in [1.82, 2.24) is 15.0 Å². The first kappa shape index (κ1) is 12.9. The van der Waals surface area contributed by atoms with Gasteiger partial charge in [-0.15, -0.1) is 0 Å². The van der Waals surface area contributed by atoms with E-state index in [-0.39, 0.29) is 0 Å². The normalized spacial score (nSPS) is 15.1. The summed E-state index contributed by atoms with van der Waals surface area (Å²) in [4.78, 5) is 15.4. The zero-order valence-electron chi connectivity index (χ0n) is 11.4. The molecule has 1 aromatic heterocycles. The van der Waals surface area contributed by atoms with Crippen molar-refractivity contribution in [3.05, 3.63) is 0 Å². The third kappa shape index (κ3) is 2.80. The zero-order valence-corrected chi connectivity index (χ0v) is 11.4. The van der Waals surface area contributed by atoms with Gasteiger partial charge in [-0.3, -0.25) is 0 Å². The van der Waals surface area contributed by atoms with Crippen LogP contribution in [0, 0.1) is 0 Å². The van der Waals surface area contributed by atoms with Crippen molar-refractivity contribution < 1.29 is 0 Å². The fourth-order valence-electron chi connectivity index (χ4n) is 1.92. The lowest BCUT2D eigenvalue weighted by atomic mass is 9.93. The number of hydrogen-bond acceptors (Lipinski definition) is 6. The summed E-state index contributed by atoms with van der Waals surface area (Å²) in [5.74, 6) is 2.04. The molecule has 0 aliphatic heterocycles. The molecule has 0 saturated heterocycles. The second-order valence-electron chi connectivity index (χ2n) is 4.48. The lowest BCUT2D eigenvalue weighted by Gasteiger charge is -2.27. The number of hydrogen-bond donors (Lipinski definition) is 2. The number of rotatable bonds is 6. The Morgan fingerprint density at radius 1 is 1.11 bits per heavy atom. The molecule has 1 aromatic rings. The fraction of sp³-hybridized carbons (Fsp3) is 0.750. The van der Waals surface area contributed by atoms with E-state index in [2.05, 4.69) is 44.3 Å². The highest BCUT2D eigenvalue weighted by Gasteiger charge is 2.19. The highest BCUT2D eigenvalue weighted by Crippen LogP contribution is 2.22. The summed E-state index contributed by atoms with van der Waals surface area (Å²) in [6.45, 7) is 6.00. The average Bonchev–Trinajstić information content (AvgIpc) is 2.35. The molecule has 0 atom stereocenters. The van der Waals surface area contributed by atoms with Gasteiger partial charge >= 0.3 is 0 Å². The van der Waals surface area contributed by atoms with Gasteiger partial charge in [0.05, 0.1) is 0 Å². The average molecular weight is 250 g/mol. The van der Waals surface area contributed by atoms with Crippen molar-refractivity contribution >= 4 is 17.8 Å². The summed E-state index contributed by atoms with van der Waals surface area (Å²) in [6, 6.07) is 0.529. The molecule has 6 nitrogen and oxygen atoms in total.